The summed E-state index contributed by atoms with van der Waals surface area (Å²) in [6, 6.07) is 0. The molecule has 13 heavy (non-hydrogen) atoms. The van der Waals surface area contributed by atoms with E-state index >= 15 is 0 Å². The zero-order valence-corrected chi connectivity index (χ0v) is 7.70. The summed E-state index contributed by atoms with van der Waals surface area (Å²) < 4.78 is 0. The Morgan fingerprint density at radius 3 is 2.31 bits per heavy atom. The van der Waals surface area contributed by atoms with Crippen molar-refractivity contribution < 1.29 is 15.0 Å². The normalized spacial score (nSPS) is 11.7. The molecule has 0 saturated heterocycles. The number of nitrogens with two attached hydrogens (primary N) is 1. The summed E-state index contributed by atoms with van der Waals surface area (Å²) in [6.45, 7) is 0.174. The maximum absolute atomic E-state index is 10.8. The summed E-state index contributed by atoms with van der Waals surface area (Å²) in [5, 5.41) is 17.1. The van der Waals surface area contributed by atoms with Gasteiger partial charge in [0.25, 0.3) is 0 Å². The maximum Gasteiger partial charge on any atom is 0.244 e. The van der Waals surface area contributed by atoms with E-state index in [9.17, 15) is 4.79 Å². The fraction of sp³-hybridized carbons (Fsp3) is 0.667. The highest BCUT2D eigenvalue weighted by molar-refractivity contribution is 5.91. The number of aliphatic hydroxyl groups is 2. The lowest BCUT2D eigenvalue weighted by molar-refractivity contribution is -0.114. The number of hydrogen-bond donors (Lipinski definition) is 3. The maximum atomic E-state index is 10.8. The first-order chi connectivity index (χ1) is 6.22. The predicted octanol–water partition coefficient (Wildman–Crippen LogP) is -0.0569. The van der Waals surface area contributed by atoms with E-state index < -0.39 is 5.91 Å². The number of rotatable bonds is 7. The van der Waals surface area contributed by atoms with Crippen LogP contribution in [0, 0.1) is 0 Å². The lowest BCUT2D eigenvalue weighted by Crippen LogP contribution is -2.14. The Bertz CT molecular complexity index is 178. The van der Waals surface area contributed by atoms with E-state index in [2.05, 4.69) is 0 Å². The van der Waals surface area contributed by atoms with Gasteiger partial charge in [-0.05, 0) is 25.7 Å². The van der Waals surface area contributed by atoms with Crippen LogP contribution in [0.15, 0.2) is 11.6 Å². The summed E-state index contributed by atoms with van der Waals surface area (Å²) in [7, 11) is 0. The zero-order valence-electron chi connectivity index (χ0n) is 7.70. The van der Waals surface area contributed by atoms with Gasteiger partial charge in [0.1, 0.15) is 0 Å². The largest absolute Gasteiger partial charge is 0.396 e. The van der Waals surface area contributed by atoms with Crippen LogP contribution in [0.1, 0.15) is 25.7 Å². The molecule has 0 spiro atoms. The first-order valence-electron chi connectivity index (χ1n) is 4.43. The fourth-order valence-corrected chi connectivity index (χ4v) is 0.963. The number of hydrogen-bond acceptors (Lipinski definition) is 3. The number of carbonyl (C=O) groups excluding carboxylic acids is 1. The van der Waals surface area contributed by atoms with Crippen molar-refractivity contribution in [2.45, 2.75) is 25.7 Å². The van der Waals surface area contributed by atoms with Crippen molar-refractivity contribution in [3.63, 3.8) is 0 Å². The summed E-state index contributed by atoms with van der Waals surface area (Å²) in [5.41, 5.74) is 5.65. The van der Waals surface area contributed by atoms with Gasteiger partial charge in [-0.25, -0.2) is 0 Å². The highest BCUT2D eigenvalue weighted by Crippen LogP contribution is 2.06. The van der Waals surface area contributed by atoms with E-state index in [0.29, 0.717) is 31.3 Å². The highest BCUT2D eigenvalue weighted by atomic mass is 16.3. The van der Waals surface area contributed by atoms with Crippen molar-refractivity contribution >= 4 is 5.91 Å². The minimum Gasteiger partial charge on any atom is -0.396 e. The molecule has 0 aromatic carbocycles. The Morgan fingerprint density at radius 2 is 1.85 bits per heavy atom. The topological polar surface area (TPSA) is 83.6 Å². The molecule has 1 amide bonds. The molecule has 0 aliphatic carbocycles. The van der Waals surface area contributed by atoms with E-state index in [1.165, 1.54) is 0 Å². The van der Waals surface area contributed by atoms with Gasteiger partial charge < -0.3 is 15.9 Å². The van der Waals surface area contributed by atoms with Gasteiger partial charge in [-0.1, -0.05) is 6.08 Å². The van der Waals surface area contributed by atoms with Crippen LogP contribution in [-0.2, 0) is 4.79 Å². The third-order valence-corrected chi connectivity index (χ3v) is 1.67. The molecule has 4 nitrogen and oxygen atoms in total. The third kappa shape index (κ3) is 6.31. The van der Waals surface area contributed by atoms with Crippen LogP contribution < -0.4 is 5.73 Å². The van der Waals surface area contributed by atoms with Gasteiger partial charge in [-0.2, -0.15) is 0 Å². The molecule has 0 atom stereocenters. The summed E-state index contributed by atoms with van der Waals surface area (Å²) in [4.78, 5) is 10.8. The molecular formula is C9H17NO3. The van der Waals surface area contributed by atoms with Crippen molar-refractivity contribution in [1.82, 2.24) is 0 Å². The molecule has 0 aromatic heterocycles. The molecule has 0 aliphatic heterocycles. The molecule has 0 bridgehead atoms. The number of unbranched alkanes of at least 4 members (excludes halogenated alkanes) is 1. The van der Waals surface area contributed by atoms with Crippen LogP contribution in [0.2, 0.25) is 0 Å². The second-order valence-corrected chi connectivity index (χ2v) is 2.79. The molecule has 0 heterocycles. The third-order valence-electron chi connectivity index (χ3n) is 1.67. The van der Waals surface area contributed by atoms with Crippen LogP contribution in [0.25, 0.3) is 0 Å². The minimum atomic E-state index is -0.439. The summed E-state index contributed by atoms with van der Waals surface area (Å²) in [5.74, 6) is -0.439. The summed E-state index contributed by atoms with van der Waals surface area (Å²) >= 11 is 0. The molecule has 0 saturated carbocycles. The number of primary amides is 1. The average molecular weight is 187 g/mol. The minimum absolute atomic E-state index is 0.0601. The number of carbonyl (C=O) groups is 1. The van der Waals surface area contributed by atoms with Crippen molar-refractivity contribution in [1.29, 1.82) is 0 Å². The molecule has 0 aliphatic rings. The number of allylic oxidation sites excluding steroid dienone is 1. The van der Waals surface area contributed by atoms with E-state index in [-0.39, 0.29) is 13.2 Å². The molecular weight excluding hydrogens is 170 g/mol. The number of aliphatic hydroxyl groups excluding tert-OH is 2. The lowest BCUT2D eigenvalue weighted by atomic mass is 10.1. The van der Waals surface area contributed by atoms with Crippen molar-refractivity contribution in [3.8, 4) is 0 Å². The van der Waals surface area contributed by atoms with Crippen molar-refractivity contribution in [2.24, 2.45) is 5.73 Å². The quantitative estimate of drug-likeness (QED) is 0.386. The number of amides is 1. The average Bonchev–Trinajstić information content (AvgIpc) is 2.10. The first-order valence-corrected chi connectivity index (χ1v) is 4.43. The molecule has 0 fully saturated rings. The Kier molecular flexibility index (Phi) is 7.24. The van der Waals surface area contributed by atoms with Gasteiger partial charge in [-0.3, -0.25) is 4.79 Å². The van der Waals surface area contributed by atoms with Crippen LogP contribution in [0.3, 0.4) is 0 Å². The predicted molar refractivity (Wildman–Crippen MR) is 49.9 cm³/mol. The van der Waals surface area contributed by atoms with Gasteiger partial charge in [0.15, 0.2) is 0 Å². The van der Waals surface area contributed by atoms with E-state index in [0.717, 1.165) is 0 Å². The molecule has 0 rings (SSSR count). The lowest BCUT2D eigenvalue weighted by Gasteiger charge is -2.01. The van der Waals surface area contributed by atoms with Crippen molar-refractivity contribution in [2.75, 3.05) is 13.2 Å². The molecule has 76 valence electrons. The SMILES string of the molecule is NC(=O)C(=CCCCO)CCCO. The Morgan fingerprint density at radius 1 is 1.23 bits per heavy atom. The van der Waals surface area contributed by atoms with Crippen LogP contribution in [0.4, 0.5) is 0 Å². The second kappa shape index (κ2) is 7.76. The van der Waals surface area contributed by atoms with E-state index in [1.54, 1.807) is 6.08 Å². The monoisotopic (exact) mass is 187 g/mol. The Balaban J connectivity index is 3.92. The van der Waals surface area contributed by atoms with E-state index in [1.807, 2.05) is 0 Å². The standard InChI is InChI=1S/C9H17NO3/c10-9(13)8(5-3-7-12)4-1-2-6-11/h4,11-12H,1-3,5-7H2,(H2,10,13). The van der Waals surface area contributed by atoms with Crippen molar-refractivity contribution in [3.05, 3.63) is 11.6 Å². The Labute approximate surface area is 78.1 Å². The molecule has 0 unspecified atom stereocenters. The highest BCUT2D eigenvalue weighted by Gasteiger charge is 2.02. The van der Waals surface area contributed by atoms with Gasteiger partial charge in [0.05, 0.1) is 0 Å². The fourth-order valence-electron chi connectivity index (χ4n) is 0.963. The van der Waals surface area contributed by atoms with Crippen LogP contribution in [0.5, 0.6) is 0 Å². The van der Waals surface area contributed by atoms with Crippen LogP contribution >= 0.6 is 0 Å². The van der Waals surface area contributed by atoms with Gasteiger partial charge in [-0.15, -0.1) is 0 Å². The van der Waals surface area contributed by atoms with Gasteiger partial charge in [0.2, 0.25) is 5.91 Å². The van der Waals surface area contributed by atoms with Gasteiger partial charge in [0, 0.05) is 18.8 Å². The molecule has 0 radical (unpaired) electrons. The molecule has 4 heteroatoms. The van der Waals surface area contributed by atoms with Crippen LogP contribution in [-0.4, -0.2) is 29.3 Å². The summed E-state index contributed by atoms with van der Waals surface area (Å²) in [6.07, 6.45) is 4.08. The molecule has 4 N–H and O–H groups in total. The van der Waals surface area contributed by atoms with E-state index in [4.69, 9.17) is 15.9 Å². The van der Waals surface area contributed by atoms with Gasteiger partial charge >= 0.3 is 0 Å². The smallest absolute Gasteiger partial charge is 0.244 e. The zero-order chi connectivity index (χ0) is 10.1. The second-order valence-electron chi connectivity index (χ2n) is 2.79. The Hall–Kier alpha value is -0.870. The first kappa shape index (κ1) is 12.1. The molecule has 0 aromatic rings.